The number of hydrogen-bond acceptors (Lipinski definition) is 3. The molecular formula is C18H27N3O3. The highest BCUT2D eigenvalue weighted by atomic mass is 16.3. The van der Waals surface area contributed by atoms with Crippen LogP contribution in [-0.2, 0) is 4.79 Å². The Labute approximate surface area is 143 Å². The predicted molar refractivity (Wildman–Crippen MR) is 92.5 cm³/mol. The van der Waals surface area contributed by atoms with Gasteiger partial charge in [-0.1, -0.05) is 37.1 Å². The van der Waals surface area contributed by atoms with Crippen LogP contribution in [0.5, 0.6) is 0 Å². The zero-order valence-electron chi connectivity index (χ0n) is 14.2. The van der Waals surface area contributed by atoms with Gasteiger partial charge in [-0.15, -0.1) is 0 Å². The van der Waals surface area contributed by atoms with E-state index in [0.29, 0.717) is 13.1 Å². The molecule has 24 heavy (non-hydrogen) atoms. The second-order valence-electron chi connectivity index (χ2n) is 6.28. The summed E-state index contributed by atoms with van der Waals surface area (Å²) >= 11 is 0. The van der Waals surface area contributed by atoms with E-state index in [1.165, 1.54) is 0 Å². The van der Waals surface area contributed by atoms with Crippen molar-refractivity contribution in [2.75, 3.05) is 19.6 Å². The van der Waals surface area contributed by atoms with Gasteiger partial charge in [-0.2, -0.15) is 0 Å². The molecule has 0 spiro atoms. The summed E-state index contributed by atoms with van der Waals surface area (Å²) in [4.78, 5) is 23.5. The largest absolute Gasteiger partial charge is 0.387 e. The van der Waals surface area contributed by atoms with Crippen LogP contribution in [-0.4, -0.2) is 36.7 Å². The van der Waals surface area contributed by atoms with Crippen molar-refractivity contribution >= 4 is 11.9 Å². The topological polar surface area (TPSA) is 90.5 Å². The number of rotatable bonds is 7. The van der Waals surface area contributed by atoms with Gasteiger partial charge in [0.15, 0.2) is 0 Å². The number of aryl methyl sites for hydroxylation is 1. The van der Waals surface area contributed by atoms with Crippen molar-refractivity contribution < 1.29 is 14.7 Å². The number of carbonyl (C=O) groups excluding carboxylic acids is 2. The molecule has 1 aromatic carbocycles. The van der Waals surface area contributed by atoms with E-state index < -0.39 is 6.10 Å². The van der Waals surface area contributed by atoms with Gasteiger partial charge >= 0.3 is 6.03 Å². The number of benzene rings is 1. The van der Waals surface area contributed by atoms with Gasteiger partial charge in [0.2, 0.25) is 5.91 Å². The van der Waals surface area contributed by atoms with E-state index >= 15 is 0 Å². The fourth-order valence-electron chi connectivity index (χ4n) is 3.02. The van der Waals surface area contributed by atoms with E-state index in [4.69, 9.17) is 0 Å². The molecule has 132 valence electrons. The Hall–Kier alpha value is -2.08. The van der Waals surface area contributed by atoms with Gasteiger partial charge in [0.25, 0.3) is 0 Å². The first-order valence-electron chi connectivity index (χ1n) is 8.61. The number of nitrogens with one attached hydrogen (secondary N) is 3. The summed E-state index contributed by atoms with van der Waals surface area (Å²) in [7, 11) is 0. The normalized spacial score (nSPS) is 15.8. The van der Waals surface area contributed by atoms with E-state index in [0.717, 1.165) is 36.8 Å². The van der Waals surface area contributed by atoms with Gasteiger partial charge in [-0.05, 0) is 30.9 Å². The Morgan fingerprint density at radius 3 is 2.50 bits per heavy atom. The zero-order chi connectivity index (χ0) is 17.4. The Morgan fingerprint density at radius 1 is 1.12 bits per heavy atom. The first kappa shape index (κ1) is 18.3. The molecule has 6 nitrogen and oxygen atoms in total. The fraction of sp³-hybridized carbons (Fsp3) is 0.556. The van der Waals surface area contributed by atoms with Crippen molar-refractivity contribution in [1.29, 1.82) is 0 Å². The minimum absolute atomic E-state index is 0.0877. The van der Waals surface area contributed by atoms with Crippen LogP contribution in [0.2, 0.25) is 0 Å². The van der Waals surface area contributed by atoms with E-state index in [1.54, 1.807) is 0 Å². The lowest BCUT2D eigenvalue weighted by Gasteiger charge is -2.15. The van der Waals surface area contributed by atoms with Crippen molar-refractivity contribution in [1.82, 2.24) is 16.0 Å². The fourth-order valence-corrected chi connectivity index (χ4v) is 3.02. The Kier molecular flexibility index (Phi) is 7.06. The second-order valence-corrected chi connectivity index (χ2v) is 6.28. The predicted octanol–water partition coefficient (Wildman–Crippen LogP) is 1.63. The monoisotopic (exact) mass is 333 g/mol. The Bertz CT molecular complexity index is 556. The molecule has 0 radical (unpaired) electrons. The lowest BCUT2D eigenvalue weighted by molar-refractivity contribution is -0.124. The summed E-state index contributed by atoms with van der Waals surface area (Å²) in [6, 6.07) is 7.19. The molecule has 1 unspecified atom stereocenters. The number of urea groups is 1. The van der Waals surface area contributed by atoms with E-state index in [9.17, 15) is 14.7 Å². The number of aliphatic hydroxyl groups excluding tert-OH is 1. The molecule has 0 bridgehead atoms. The van der Waals surface area contributed by atoms with Gasteiger partial charge < -0.3 is 21.1 Å². The van der Waals surface area contributed by atoms with Crippen LogP contribution in [0.1, 0.15) is 42.9 Å². The van der Waals surface area contributed by atoms with Crippen molar-refractivity contribution in [2.24, 2.45) is 5.92 Å². The third kappa shape index (κ3) is 5.53. The van der Waals surface area contributed by atoms with E-state index in [-0.39, 0.29) is 24.4 Å². The average Bonchev–Trinajstić information content (AvgIpc) is 3.11. The zero-order valence-corrected chi connectivity index (χ0v) is 14.2. The highest BCUT2D eigenvalue weighted by Crippen LogP contribution is 2.24. The SMILES string of the molecule is Cc1ccccc1C(O)CNC(=O)NCCNC(=O)C1CCCC1. The molecule has 1 aliphatic carbocycles. The van der Waals surface area contributed by atoms with Gasteiger partial charge in [0.05, 0.1) is 6.10 Å². The molecule has 6 heteroatoms. The van der Waals surface area contributed by atoms with Crippen LogP contribution < -0.4 is 16.0 Å². The standard InChI is InChI=1S/C18H27N3O3/c1-13-6-2-5-9-15(13)16(22)12-21-18(24)20-11-10-19-17(23)14-7-3-4-8-14/h2,5-6,9,14,16,22H,3-4,7-8,10-12H2,1H3,(H,19,23)(H2,20,21,24). The van der Waals surface area contributed by atoms with Crippen LogP contribution >= 0.6 is 0 Å². The van der Waals surface area contributed by atoms with E-state index in [2.05, 4.69) is 16.0 Å². The number of amides is 3. The maximum absolute atomic E-state index is 11.8. The van der Waals surface area contributed by atoms with Gasteiger partial charge in [0.1, 0.15) is 0 Å². The van der Waals surface area contributed by atoms with Gasteiger partial charge in [0, 0.05) is 25.6 Å². The molecule has 2 rings (SSSR count). The third-order valence-electron chi connectivity index (χ3n) is 4.44. The van der Waals surface area contributed by atoms with Gasteiger partial charge in [-0.3, -0.25) is 4.79 Å². The van der Waals surface area contributed by atoms with Crippen LogP contribution in [0.3, 0.4) is 0 Å². The molecule has 1 aliphatic rings. The summed E-state index contributed by atoms with van der Waals surface area (Å²) < 4.78 is 0. The smallest absolute Gasteiger partial charge is 0.314 e. The van der Waals surface area contributed by atoms with Crippen molar-refractivity contribution in [3.63, 3.8) is 0 Å². The lowest BCUT2D eigenvalue weighted by Crippen LogP contribution is -2.42. The number of hydrogen-bond donors (Lipinski definition) is 4. The quantitative estimate of drug-likeness (QED) is 0.572. The first-order chi connectivity index (χ1) is 11.6. The third-order valence-corrected chi connectivity index (χ3v) is 4.44. The minimum Gasteiger partial charge on any atom is -0.387 e. The highest BCUT2D eigenvalue weighted by Gasteiger charge is 2.21. The molecule has 0 heterocycles. The van der Waals surface area contributed by atoms with Crippen LogP contribution in [0.25, 0.3) is 0 Å². The summed E-state index contributed by atoms with van der Waals surface area (Å²) in [6.07, 6.45) is 3.45. The molecule has 1 fully saturated rings. The highest BCUT2D eigenvalue weighted by molar-refractivity contribution is 5.79. The Morgan fingerprint density at radius 2 is 1.79 bits per heavy atom. The lowest BCUT2D eigenvalue weighted by atomic mass is 10.0. The number of carbonyl (C=O) groups is 2. The first-order valence-corrected chi connectivity index (χ1v) is 8.61. The summed E-state index contributed by atoms with van der Waals surface area (Å²) in [6.45, 7) is 2.85. The number of aliphatic hydroxyl groups is 1. The summed E-state index contributed by atoms with van der Waals surface area (Å²) in [5.74, 6) is 0.229. The molecular weight excluding hydrogens is 306 g/mol. The summed E-state index contributed by atoms with van der Waals surface area (Å²) in [5.41, 5.74) is 1.79. The maximum atomic E-state index is 11.8. The molecule has 3 amide bonds. The molecule has 1 aromatic rings. The van der Waals surface area contributed by atoms with Crippen LogP contribution in [0.4, 0.5) is 4.79 Å². The summed E-state index contributed by atoms with van der Waals surface area (Å²) in [5, 5.41) is 18.3. The molecule has 1 atom stereocenters. The van der Waals surface area contributed by atoms with Crippen molar-refractivity contribution in [3.05, 3.63) is 35.4 Å². The molecule has 0 aromatic heterocycles. The van der Waals surface area contributed by atoms with Crippen LogP contribution in [0.15, 0.2) is 24.3 Å². The van der Waals surface area contributed by atoms with Crippen LogP contribution in [0, 0.1) is 12.8 Å². The van der Waals surface area contributed by atoms with Gasteiger partial charge in [-0.25, -0.2) is 4.79 Å². The average molecular weight is 333 g/mol. The molecule has 0 aliphatic heterocycles. The minimum atomic E-state index is -0.737. The molecule has 0 saturated heterocycles. The second kappa shape index (κ2) is 9.27. The van der Waals surface area contributed by atoms with Crippen molar-refractivity contribution in [3.8, 4) is 0 Å². The van der Waals surface area contributed by atoms with E-state index in [1.807, 2.05) is 31.2 Å². The Balaban J connectivity index is 1.59. The molecule has 1 saturated carbocycles. The molecule has 4 N–H and O–H groups in total. The van der Waals surface area contributed by atoms with Crippen molar-refractivity contribution in [2.45, 2.75) is 38.7 Å². The maximum Gasteiger partial charge on any atom is 0.314 e.